The molecule has 20 heavy (non-hydrogen) atoms. The molecular formula is C17H19NO2. The van der Waals surface area contributed by atoms with Gasteiger partial charge in [0.15, 0.2) is 12.4 Å². The third-order valence-electron chi connectivity index (χ3n) is 3.42. The first kappa shape index (κ1) is 14.1. The molecule has 0 amide bonds. The van der Waals surface area contributed by atoms with Crippen molar-refractivity contribution in [3.8, 4) is 5.75 Å². The van der Waals surface area contributed by atoms with Crippen molar-refractivity contribution in [3.05, 3.63) is 58.7 Å². The summed E-state index contributed by atoms with van der Waals surface area (Å²) in [5.74, 6) is 0.510. The van der Waals surface area contributed by atoms with Gasteiger partial charge in [-0.2, -0.15) is 0 Å². The lowest BCUT2D eigenvalue weighted by atomic mass is 9.98. The SMILES string of the molecule is Cc1cc(C)c(C(=O)COc2ccccc2N)cc1C. The Morgan fingerprint density at radius 1 is 1.05 bits per heavy atom. The molecule has 2 aromatic rings. The van der Waals surface area contributed by atoms with Crippen LogP contribution in [0.2, 0.25) is 0 Å². The highest BCUT2D eigenvalue weighted by Gasteiger charge is 2.12. The molecule has 0 bridgehead atoms. The minimum atomic E-state index is -0.0335. The van der Waals surface area contributed by atoms with E-state index in [-0.39, 0.29) is 12.4 Å². The molecule has 0 unspecified atom stereocenters. The molecule has 2 N–H and O–H groups in total. The number of nitrogens with two attached hydrogens (primary N) is 1. The van der Waals surface area contributed by atoms with Crippen LogP contribution in [0.4, 0.5) is 5.69 Å². The molecule has 3 heteroatoms. The second kappa shape index (κ2) is 5.78. The zero-order chi connectivity index (χ0) is 14.7. The molecule has 2 aromatic carbocycles. The Labute approximate surface area is 119 Å². The average Bonchev–Trinajstić information content (AvgIpc) is 2.41. The Balaban J connectivity index is 2.13. The average molecular weight is 269 g/mol. The van der Waals surface area contributed by atoms with Crippen molar-refractivity contribution >= 4 is 11.5 Å². The van der Waals surface area contributed by atoms with Crippen molar-refractivity contribution in [2.24, 2.45) is 0 Å². The summed E-state index contributed by atoms with van der Waals surface area (Å²) in [5.41, 5.74) is 10.3. The molecule has 0 saturated heterocycles. The third-order valence-corrected chi connectivity index (χ3v) is 3.42. The molecule has 0 radical (unpaired) electrons. The van der Waals surface area contributed by atoms with Crippen LogP contribution in [-0.2, 0) is 0 Å². The Morgan fingerprint density at radius 3 is 2.40 bits per heavy atom. The summed E-state index contributed by atoms with van der Waals surface area (Å²) in [6, 6.07) is 11.1. The number of hydrogen-bond acceptors (Lipinski definition) is 3. The van der Waals surface area contributed by atoms with Crippen LogP contribution in [0.5, 0.6) is 5.75 Å². The summed E-state index contributed by atoms with van der Waals surface area (Å²) >= 11 is 0. The van der Waals surface area contributed by atoms with Crippen LogP contribution < -0.4 is 10.5 Å². The van der Waals surface area contributed by atoms with Crippen LogP contribution in [0.25, 0.3) is 0 Å². The number of carbonyl (C=O) groups is 1. The van der Waals surface area contributed by atoms with Crippen LogP contribution in [0.1, 0.15) is 27.0 Å². The number of nitrogen functional groups attached to an aromatic ring is 1. The maximum absolute atomic E-state index is 12.2. The standard InChI is InChI=1S/C17H19NO2/c1-11-8-13(3)14(9-12(11)2)16(19)10-20-17-7-5-4-6-15(17)18/h4-9H,10,18H2,1-3H3. The minimum absolute atomic E-state index is 0.00243. The zero-order valence-electron chi connectivity index (χ0n) is 12.1. The number of carbonyl (C=O) groups excluding carboxylic acids is 1. The number of ketones is 1. The van der Waals surface area contributed by atoms with E-state index < -0.39 is 0 Å². The molecule has 0 spiro atoms. The van der Waals surface area contributed by atoms with Gasteiger partial charge in [-0.25, -0.2) is 0 Å². The molecule has 0 aromatic heterocycles. The van der Waals surface area contributed by atoms with Gasteiger partial charge in [-0.1, -0.05) is 18.2 Å². The predicted molar refractivity (Wildman–Crippen MR) is 81.3 cm³/mol. The fourth-order valence-corrected chi connectivity index (χ4v) is 2.09. The van der Waals surface area contributed by atoms with Crippen LogP contribution in [0.15, 0.2) is 36.4 Å². The fourth-order valence-electron chi connectivity index (χ4n) is 2.09. The minimum Gasteiger partial charge on any atom is -0.483 e. The second-order valence-electron chi connectivity index (χ2n) is 5.00. The van der Waals surface area contributed by atoms with Crippen LogP contribution in [0.3, 0.4) is 0 Å². The normalized spacial score (nSPS) is 10.3. The first-order chi connectivity index (χ1) is 9.49. The molecule has 0 atom stereocenters. The van der Waals surface area contributed by atoms with E-state index >= 15 is 0 Å². The van der Waals surface area contributed by atoms with Gasteiger partial charge in [-0.15, -0.1) is 0 Å². The van der Waals surface area contributed by atoms with Crippen molar-refractivity contribution in [3.63, 3.8) is 0 Å². The number of benzene rings is 2. The molecule has 3 nitrogen and oxygen atoms in total. The summed E-state index contributed by atoms with van der Waals surface area (Å²) in [6.07, 6.45) is 0. The molecule has 0 heterocycles. The van der Waals surface area contributed by atoms with E-state index in [0.29, 0.717) is 17.0 Å². The van der Waals surface area contributed by atoms with E-state index in [1.807, 2.05) is 45.0 Å². The van der Waals surface area contributed by atoms with E-state index in [0.717, 1.165) is 11.1 Å². The predicted octanol–water partition coefficient (Wildman–Crippen LogP) is 3.46. The van der Waals surface area contributed by atoms with E-state index in [1.54, 1.807) is 12.1 Å². The lowest BCUT2D eigenvalue weighted by Crippen LogP contribution is -2.14. The highest BCUT2D eigenvalue weighted by molar-refractivity contribution is 5.98. The topological polar surface area (TPSA) is 52.3 Å². The second-order valence-corrected chi connectivity index (χ2v) is 5.00. The zero-order valence-corrected chi connectivity index (χ0v) is 12.1. The summed E-state index contributed by atoms with van der Waals surface area (Å²) in [6.45, 7) is 5.98. The van der Waals surface area contributed by atoms with E-state index in [9.17, 15) is 4.79 Å². The molecule has 2 rings (SSSR count). The Morgan fingerprint density at radius 2 is 1.70 bits per heavy atom. The summed E-state index contributed by atoms with van der Waals surface area (Å²) in [7, 11) is 0. The molecule has 0 aliphatic carbocycles. The number of rotatable bonds is 4. The van der Waals surface area contributed by atoms with Gasteiger partial charge in [0.1, 0.15) is 5.75 Å². The van der Waals surface area contributed by atoms with Gasteiger partial charge in [0, 0.05) is 5.56 Å². The lowest BCUT2D eigenvalue weighted by Gasteiger charge is -2.11. The third kappa shape index (κ3) is 2.99. The van der Waals surface area contributed by atoms with E-state index in [2.05, 4.69) is 0 Å². The van der Waals surface area contributed by atoms with Gasteiger partial charge in [0.25, 0.3) is 0 Å². The maximum Gasteiger partial charge on any atom is 0.200 e. The van der Waals surface area contributed by atoms with Gasteiger partial charge in [0.05, 0.1) is 5.69 Å². The smallest absolute Gasteiger partial charge is 0.200 e. The van der Waals surface area contributed by atoms with Gasteiger partial charge in [-0.05, 0) is 55.7 Å². The molecule has 0 saturated carbocycles. The highest BCUT2D eigenvalue weighted by Crippen LogP contribution is 2.21. The number of aryl methyl sites for hydroxylation is 3. The summed E-state index contributed by atoms with van der Waals surface area (Å²) in [5, 5.41) is 0. The Bertz CT molecular complexity index is 647. The lowest BCUT2D eigenvalue weighted by molar-refractivity contribution is 0.0921. The number of para-hydroxylation sites is 2. The van der Waals surface area contributed by atoms with Gasteiger partial charge >= 0.3 is 0 Å². The van der Waals surface area contributed by atoms with E-state index in [1.165, 1.54) is 5.56 Å². The van der Waals surface area contributed by atoms with Gasteiger partial charge in [-0.3, -0.25) is 4.79 Å². The first-order valence-electron chi connectivity index (χ1n) is 6.57. The van der Waals surface area contributed by atoms with Gasteiger partial charge < -0.3 is 10.5 Å². The van der Waals surface area contributed by atoms with Crippen molar-refractivity contribution in [1.82, 2.24) is 0 Å². The highest BCUT2D eigenvalue weighted by atomic mass is 16.5. The Hall–Kier alpha value is -2.29. The van der Waals surface area contributed by atoms with Crippen molar-refractivity contribution in [2.45, 2.75) is 20.8 Å². The van der Waals surface area contributed by atoms with Crippen LogP contribution in [0, 0.1) is 20.8 Å². The monoisotopic (exact) mass is 269 g/mol. The summed E-state index contributed by atoms with van der Waals surface area (Å²) < 4.78 is 5.50. The molecule has 104 valence electrons. The largest absolute Gasteiger partial charge is 0.483 e. The molecule has 0 aliphatic rings. The number of hydrogen-bond donors (Lipinski definition) is 1. The quantitative estimate of drug-likeness (QED) is 0.683. The van der Waals surface area contributed by atoms with Crippen molar-refractivity contribution in [1.29, 1.82) is 0 Å². The first-order valence-corrected chi connectivity index (χ1v) is 6.57. The Kier molecular flexibility index (Phi) is 4.08. The molecule has 0 fully saturated rings. The molecule has 0 aliphatic heterocycles. The van der Waals surface area contributed by atoms with Crippen molar-refractivity contribution in [2.75, 3.05) is 12.3 Å². The number of ether oxygens (including phenoxy) is 1. The van der Waals surface area contributed by atoms with Crippen LogP contribution >= 0.6 is 0 Å². The van der Waals surface area contributed by atoms with Crippen molar-refractivity contribution < 1.29 is 9.53 Å². The van der Waals surface area contributed by atoms with E-state index in [4.69, 9.17) is 10.5 Å². The number of Topliss-reactive ketones (excluding diaryl/α,β-unsaturated/α-hetero) is 1. The number of anilines is 1. The van der Waals surface area contributed by atoms with Gasteiger partial charge in [0.2, 0.25) is 0 Å². The summed E-state index contributed by atoms with van der Waals surface area (Å²) in [4.78, 5) is 12.2. The fraction of sp³-hybridized carbons (Fsp3) is 0.235. The molecular weight excluding hydrogens is 250 g/mol. The maximum atomic E-state index is 12.2. The van der Waals surface area contributed by atoms with Crippen LogP contribution in [-0.4, -0.2) is 12.4 Å².